The zero-order valence-corrected chi connectivity index (χ0v) is 51.9. The molecule has 0 heterocycles. The van der Waals surface area contributed by atoms with Crippen molar-refractivity contribution in [3.8, 4) is 0 Å². The molecule has 0 fully saturated rings. The van der Waals surface area contributed by atoms with E-state index in [1.807, 2.05) is 0 Å². The molecule has 0 N–H and O–H groups in total. The number of carbonyl (C=O) groups is 3. The summed E-state index contributed by atoms with van der Waals surface area (Å²) in [6, 6.07) is 0. The summed E-state index contributed by atoms with van der Waals surface area (Å²) < 4.78 is 17.0. The van der Waals surface area contributed by atoms with Crippen LogP contribution in [0.5, 0.6) is 0 Å². The van der Waals surface area contributed by atoms with Gasteiger partial charge in [0.2, 0.25) is 0 Å². The molecule has 0 bridgehead atoms. The molecule has 1 unspecified atom stereocenters. The van der Waals surface area contributed by atoms with Crippen LogP contribution in [-0.4, -0.2) is 37.2 Å². The highest BCUT2D eigenvalue weighted by atomic mass is 16.6. The highest BCUT2D eigenvalue weighted by molar-refractivity contribution is 5.71. The van der Waals surface area contributed by atoms with Crippen molar-refractivity contribution in [1.29, 1.82) is 0 Å². The Morgan fingerprint density at radius 3 is 0.797 bits per heavy atom. The second kappa shape index (κ2) is 66.6. The quantitative estimate of drug-likeness (QED) is 0.0261. The van der Waals surface area contributed by atoms with E-state index in [1.165, 1.54) is 154 Å². The molecule has 0 aromatic heterocycles. The van der Waals surface area contributed by atoms with Gasteiger partial charge in [-0.25, -0.2) is 0 Å². The number of hydrogen-bond acceptors (Lipinski definition) is 6. The van der Waals surface area contributed by atoms with Crippen molar-refractivity contribution in [2.45, 2.75) is 322 Å². The van der Waals surface area contributed by atoms with Gasteiger partial charge in [-0.2, -0.15) is 0 Å². The highest BCUT2D eigenvalue weighted by Crippen LogP contribution is 2.16. The normalized spacial score (nSPS) is 12.8. The van der Waals surface area contributed by atoms with Crippen molar-refractivity contribution >= 4 is 17.9 Å². The van der Waals surface area contributed by atoms with E-state index in [2.05, 4.69) is 130 Å². The van der Waals surface area contributed by atoms with Crippen LogP contribution in [0.4, 0.5) is 0 Å². The van der Waals surface area contributed by atoms with E-state index in [4.69, 9.17) is 14.2 Å². The molecule has 0 aliphatic carbocycles. The minimum Gasteiger partial charge on any atom is -0.462 e. The van der Waals surface area contributed by atoms with Gasteiger partial charge in [-0.3, -0.25) is 14.4 Å². The Bertz CT molecular complexity index is 1590. The molecule has 6 heteroatoms. The lowest BCUT2D eigenvalue weighted by Gasteiger charge is -2.18. The molecule has 0 saturated heterocycles. The van der Waals surface area contributed by atoms with Gasteiger partial charge in [0.15, 0.2) is 6.10 Å². The van der Waals surface area contributed by atoms with Crippen LogP contribution in [0.2, 0.25) is 0 Å². The van der Waals surface area contributed by atoms with Crippen LogP contribution in [0.1, 0.15) is 316 Å². The summed E-state index contributed by atoms with van der Waals surface area (Å²) in [6.45, 7) is 6.50. The smallest absolute Gasteiger partial charge is 0.306 e. The topological polar surface area (TPSA) is 78.9 Å². The first-order valence-corrected chi connectivity index (χ1v) is 33.4. The SMILES string of the molecule is CC/C=C\C/C=C\C/C=C\C/C=C\CCCCCCCCCCC(=O)OC(COC(=O)CCCCCCCCC/C=C\C/C=C\CCCCC)COC(=O)CCCCCCCCCC/C=C\C/C=C\C/C=C\CCCCCCC. The van der Waals surface area contributed by atoms with E-state index >= 15 is 0 Å². The maximum absolute atomic E-state index is 12.9. The van der Waals surface area contributed by atoms with Crippen LogP contribution in [0.25, 0.3) is 0 Å². The van der Waals surface area contributed by atoms with E-state index in [-0.39, 0.29) is 31.1 Å². The molecule has 79 heavy (non-hydrogen) atoms. The molecule has 1 atom stereocenters. The molecule has 0 aromatic rings. The first-order chi connectivity index (χ1) is 39.0. The zero-order valence-electron chi connectivity index (χ0n) is 51.9. The van der Waals surface area contributed by atoms with Crippen LogP contribution < -0.4 is 0 Å². The van der Waals surface area contributed by atoms with Gasteiger partial charge in [0.25, 0.3) is 0 Å². The molecule has 0 aliphatic rings. The van der Waals surface area contributed by atoms with Crippen LogP contribution >= 0.6 is 0 Å². The van der Waals surface area contributed by atoms with Gasteiger partial charge >= 0.3 is 17.9 Å². The van der Waals surface area contributed by atoms with Gasteiger partial charge in [-0.15, -0.1) is 0 Å². The number of carbonyl (C=O) groups excluding carboxylic acids is 3. The number of rotatable bonds is 60. The molecular weight excluding hydrogens is 973 g/mol. The molecule has 6 nitrogen and oxygen atoms in total. The van der Waals surface area contributed by atoms with Crippen molar-refractivity contribution < 1.29 is 28.6 Å². The lowest BCUT2D eigenvalue weighted by molar-refractivity contribution is -0.167. The number of esters is 3. The van der Waals surface area contributed by atoms with E-state index in [9.17, 15) is 14.4 Å². The molecule has 0 aromatic carbocycles. The molecular formula is C73H124O6. The average Bonchev–Trinajstić information content (AvgIpc) is 3.45. The van der Waals surface area contributed by atoms with E-state index in [0.29, 0.717) is 19.3 Å². The predicted octanol–water partition coefficient (Wildman–Crippen LogP) is 23.0. The van der Waals surface area contributed by atoms with Crippen molar-refractivity contribution in [3.05, 3.63) is 109 Å². The largest absolute Gasteiger partial charge is 0.462 e. The summed E-state index contributed by atoms with van der Waals surface area (Å²) in [5.74, 6) is -0.901. The summed E-state index contributed by atoms with van der Waals surface area (Å²) >= 11 is 0. The summed E-state index contributed by atoms with van der Waals surface area (Å²) in [6.07, 6.45) is 90.9. The molecule has 0 saturated carbocycles. The fourth-order valence-corrected chi connectivity index (χ4v) is 9.24. The number of hydrogen-bond donors (Lipinski definition) is 0. The van der Waals surface area contributed by atoms with Gasteiger partial charge in [-0.05, 0) is 128 Å². The Morgan fingerprint density at radius 2 is 0.494 bits per heavy atom. The fraction of sp³-hybridized carbons (Fsp3) is 0.712. The van der Waals surface area contributed by atoms with Gasteiger partial charge in [0.05, 0.1) is 0 Å². The van der Waals surface area contributed by atoms with Crippen LogP contribution in [-0.2, 0) is 28.6 Å². The van der Waals surface area contributed by atoms with E-state index < -0.39 is 6.10 Å². The van der Waals surface area contributed by atoms with Crippen molar-refractivity contribution in [1.82, 2.24) is 0 Å². The second-order valence-electron chi connectivity index (χ2n) is 22.0. The standard InChI is InChI=1S/C73H124O6/c1-4-7-10-13-16-19-22-25-28-31-33-35-36-38-39-42-45-48-51-54-57-60-63-66-72(75)78-69-70(68-77-71(74)65-62-59-56-53-50-47-44-41-30-27-24-21-18-15-12-9-6-3)79-73(76)67-64-61-58-55-52-49-46-43-40-37-34-32-29-26-23-20-17-14-11-8-5-2/h8,11,17-18,20-22,25-27,29-31,33-34,36-38,70H,4-7,9-10,12-16,19,23-24,28,32,35,39-69H2,1-3H3/b11-8-,20-17-,21-18-,25-22-,29-26-,30-27-,33-31-,37-34-,38-36-. The molecule has 0 aliphatic heterocycles. The van der Waals surface area contributed by atoms with Gasteiger partial charge < -0.3 is 14.2 Å². The number of allylic oxidation sites excluding steroid dienone is 18. The van der Waals surface area contributed by atoms with Gasteiger partial charge in [-0.1, -0.05) is 278 Å². The van der Waals surface area contributed by atoms with Crippen LogP contribution in [0.15, 0.2) is 109 Å². The monoisotopic (exact) mass is 1100 g/mol. The van der Waals surface area contributed by atoms with Crippen molar-refractivity contribution in [2.75, 3.05) is 13.2 Å². The average molecular weight is 1100 g/mol. The summed E-state index contributed by atoms with van der Waals surface area (Å²) in [5, 5.41) is 0. The van der Waals surface area contributed by atoms with E-state index in [1.54, 1.807) is 0 Å². The Balaban J connectivity index is 4.42. The molecule has 0 rings (SSSR count). The third-order valence-electron chi connectivity index (χ3n) is 14.2. The number of unbranched alkanes of at least 4 members (excludes halogenated alkanes) is 31. The Labute approximate surface area is 489 Å². The summed E-state index contributed by atoms with van der Waals surface area (Å²) in [7, 11) is 0. The Morgan fingerprint density at radius 1 is 0.266 bits per heavy atom. The number of ether oxygens (including phenoxy) is 3. The molecule has 0 spiro atoms. The molecule has 0 radical (unpaired) electrons. The summed E-state index contributed by atoms with van der Waals surface area (Å²) in [4.78, 5) is 38.4. The highest BCUT2D eigenvalue weighted by Gasteiger charge is 2.19. The van der Waals surface area contributed by atoms with Crippen LogP contribution in [0.3, 0.4) is 0 Å². The Hall–Kier alpha value is -3.93. The lowest BCUT2D eigenvalue weighted by Crippen LogP contribution is -2.30. The Kier molecular flexibility index (Phi) is 63.3. The maximum Gasteiger partial charge on any atom is 0.306 e. The van der Waals surface area contributed by atoms with Gasteiger partial charge in [0, 0.05) is 19.3 Å². The first kappa shape index (κ1) is 75.1. The van der Waals surface area contributed by atoms with Gasteiger partial charge in [0.1, 0.15) is 13.2 Å². The maximum atomic E-state index is 12.9. The van der Waals surface area contributed by atoms with E-state index in [0.717, 1.165) is 122 Å². The van der Waals surface area contributed by atoms with Crippen molar-refractivity contribution in [3.63, 3.8) is 0 Å². The fourth-order valence-electron chi connectivity index (χ4n) is 9.24. The molecule has 452 valence electrons. The lowest BCUT2D eigenvalue weighted by atomic mass is 10.1. The summed E-state index contributed by atoms with van der Waals surface area (Å²) in [5.41, 5.74) is 0. The predicted molar refractivity (Wildman–Crippen MR) is 343 cm³/mol. The third-order valence-corrected chi connectivity index (χ3v) is 14.2. The minimum absolute atomic E-state index is 0.0883. The zero-order chi connectivity index (χ0) is 57.1. The van der Waals surface area contributed by atoms with Crippen LogP contribution in [0, 0.1) is 0 Å². The minimum atomic E-state index is -0.793. The second-order valence-corrected chi connectivity index (χ2v) is 22.0. The molecule has 0 amide bonds. The third kappa shape index (κ3) is 64.8. The first-order valence-electron chi connectivity index (χ1n) is 33.4. The van der Waals surface area contributed by atoms with Crippen molar-refractivity contribution in [2.24, 2.45) is 0 Å².